The highest BCUT2D eigenvalue weighted by molar-refractivity contribution is 9.10. The Morgan fingerprint density at radius 2 is 1.87 bits per heavy atom. The molecule has 23 heavy (non-hydrogen) atoms. The largest absolute Gasteiger partial charge is 0.342 e. The van der Waals surface area contributed by atoms with Crippen LogP contribution in [0.5, 0.6) is 0 Å². The van der Waals surface area contributed by atoms with E-state index in [1.165, 1.54) is 0 Å². The third-order valence-electron chi connectivity index (χ3n) is 4.49. The third kappa shape index (κ3) is 4.54. The average Bonchev–Trinajstić information content (AvgIpc) is 2.55. The summed E-state index contributed by atoms with van der Waals surface area (Å²) in [6.45, 7) is 4.94. The van der Waals surface area contributed by atoms with E-state index in [9.17, 15) is 9.59 Å². The van der Waals surface area contributed by atoms with Gasteiger partial charge in [-0.25, -0.2) is 0 Å². The van der Waals surface area contributed by atoms with Crippen LogP contribution in [0.4, 0.5) is 5.69 Å². The lowest BCUT2D eigenvalue weighted by Gasteiger charge is -2.33. The lowest BCUT2D eigenvalue weighted by atomic mass is 9.94. The second-order valence-corrected chi connectivity index (χ2v) is 7.07. The summed E-state index contributed by atoms with van der Waals surface area (Å²) in [5.41, 5.74) is 6.58. The van der Waals surface area contributed by atoms with Gasteiger partial charge >= 0.3 is 0 Å². The topological polar surface area (TPSA) is 75.4 Å². The zero-order valence-corrected chi connectivity index (χ0v) is 15.2. The molecule has 2 atom stereocenters. The fourth-order valence-electron chi connectivity index (χ4n) is 2.67. The molecule has 2 unspecified atom stereocenters. The van der Waals surface area contributed by atoms with Crippen LogP contribution in [0, 0.1) is 11.8 Å². The Balaban J connectivity index is 1.88. The lowest BCUT2D eigenvalue weighted by Crippen LogP contribution is -2.46. The van der Waals surface area contributed by atoms with Crippen molar-refractivity contribution >= 4 is 33.4 Å². The van der Waals surface area contributed by atoms with Crippen LogP contribution in [0.25, 0.3) is 0 Å². The molecule has 1 aromatic rings. The molecular weight excluding hydrogens is 358 g/mol. The van der Waals surface area contributed by atoms with E-state index >= 15 is 0 Å². The number of rotatable bonds is 4. The smallest absolute Gasteiger partial charge is 0.227 e. The van der Waals surface area contributed by atoms with Gasteiger partial charge in [0.15, 0.2) is 0 Å². The summed E-state index contributed by atoms with van der Waals surface area (Å²) < 4.78 is 0.867. The maximum absolute atomic E-state index is 12.4. The zero-order chi connectivity index (χ0) is 17.0. The molecule has 1 aliphatic rings. The van der Waals surface area contributed by atoms with Gasteiger partial charge in [0.05, 0.1) is 11.6 Å². The predicted molar refractivity (Wildman–Crippen MR) is 94.9 cm³/mol. The summed E-state index contributed by atoms with van der Waals surface area (Å²) in [5.74, 6) is -0.133. The Morgan fingerprint density at radius 3 is 2.43 bits per heavy atom. The molecule has 3 N–H and O–H groups in total. The van der Waals surface area contributed by atoms with Crippen molar-refractivity contribution in [2.75, 3.05) is 18.4 Å². The molecule has 0 radical (unpaired) electrons. The number of nitrogens with one attached hydrogen (secondary N) is 1. The summed E-state index contributed by atoms with van der Waals surface area (Å²) in [7, 11) is 0. The number of amides is 2. The molecule has 6 heteroatoms. The van der Waals surface area contributed by atoms with Crippen LogP contribution >= 0.6 is 15.9 Å². The van der Waals surface area contributed by atoms with Crippen molar-refractivity contribution in [1.29, 1.82) is 0 Å². The van der Waals surface area contributed by atoms with E-state index < -0.39 is 0 Å². The van der Waals surface area contributed by atoms with E-state index in [4.69, 9.17) is 5.73 Å². The van der Waals surface area contributed by atoms with Gasteiger partial charge in [0, 0.05) is 29.5 Å². The molecular formula is C17H24BrN3O2. The first kappa shape index (κ1) is 17.9. The minimum atomic E-state index is -0.180. The summed E-state index contributed by atoms with van der Waals surface area (Å²) in [6.07, 6.45) is 1.38. The van der Waals surface area contributed by atoms with Crippen molar-refractivity contribution in [3.8, 4) is 0 Å². The Bertz CT molecular complexity index is 569. The molecule has 0 bridgehead atoms. The number of carbonyl (C=O) groups excluding carboxylic acids is 2. The molecule has 5 nitrogen and oxygen atoms in total. The van der Waals surface area contributed by atoms with Crippen LogP contribution in [0.2, 0.25) is 0 Å². The van der Waals surface area contributed by atoms with E-state index in [0.29, 0.717) is 25.9 Å². The van der Waals surface area contributed by atoms with Crippen molar-refractivity contribution in [1.82, 2.24) is 4.90 Å². The molecule has 2 rings (SSSR count). The molecule has 1 aliphatic heterocycles. The minimum absolute atomic E-state index is 0.0178. The van der Waals surface area contributed by atoms with E-state index in [2.05, 4.69) is 21.2 Å². The first-order valence-electron chi connectivity index (χ1n) is 8.00. The van der Waals surface area contributed by atoms with Crippen molar-refractivity contribution in [2.45, 2.75) is 32.7 Å². The quantitative estimate of drug-likeness (QED) is 0.841. The number of para-hydroxylation sites is 1. The minimum Gasteiger partial charge on any atom is -0.342 e. The van der Waals surface area contributed by atoms with Crippen LogP contribution < -0.4 is 11.1 Å². The van der Waals surface area contributed by atoms with Crippen molar-refractivity contribution in [3.63, 3.8) is 0 Å². The number of nitrogens with zero attached hydrogens (tertiary/aromatic N) is 1. The number of hydrogen-bond acceptors (Lipinski definition) is 3. The van der Waals surface area contributed by atoms with Gasteiger partial charge in [-0.1, -0.05) is 19.1 Å². The number of halogens is 1. The summed E-state index contributed by atoms with van der Waals surface area (Å²) in [5, 5.41) is 2.96. The van der Waals surface area contributed by atoms with E-state index in [1.807, 2.05) is 43.0 Å². The molecule has 1 heterocycles. The van der Waals surface area contributed by atoms with Crippen molar-refractivity contribution < 1.29 is 9.59 Å². The highest BCUT2D eigenvalue weighted by Gasteiger charge is 2.30. The van der Waals surface area contributed by atoms with E-state index in [-0.39, 0.29) is 29.7 Å². The van der Waals surface area contributed by atoms with Crippen LogP contribution in [-0.4, -0.2) is 35.8 Å². The maximum Gasteiger partial charge on any atom is 0.227 e. The Labute approximate surface area is 145 Å². The Kier molecular flexibility index (Phi) is 6.18. The third-order valence-corrected chi connectivity index (χ3v) is 5.18. The molecule has 0 saturated carbocycles. The fraction of sp³-hybridized carbons (Fsp3) is 0.529. The first-order valence-corrected chi connectivity index (χ1v) is 8.79. The van der Waals surface area contributed by atoms with Crippen LogP contribution in [-0.2, 0) is 9.59 Å². The number of piperidine rings is 1. The molecule has 1 aromatic carbocycles. The van der Waals surface area contributed by atoms with Gasteiger partial charge in [-0.2, -0.15) is 0 Å². The van der Waals surface area contributed by atoms with Crippen LogP contribution in [0.3, 0.4) is 0 Å². The van der Waals surface area contributed by atoms with Crippen LogP contribution in [0.15, 0.2) is 28.7 Å². The Hall–Kier alpha value is -1.40. The molecule has 2 amide bonds. The number of anilines is 1. The van der Waals surface area contributed by atoms with Crippen LogP contribution in [0.1, 0.15) is 26.7 Å². The number of benzene rings is 1. The number of likely N-dealkylation sites (tertiary alicyclic amines) is 1. The van der Waals surface area contributed by atoms with Gasteiger partial charge < -0.3 is 16.0 Å². The number of carbonyl (C=O) groups is 2. The summed E-state index contributed by atoms with van der Waals surface area (Å²) >= 11 is 3.43. The van der Waals surface area contributed by atoms with Crippen molar-refractivity contribution in [3.05, 3.63) is 28.7 Å². The van der Waals surface area contributed by atoms with Gasteiger partial charge in [0.1, 0.15) is 0 Å². The standard InChI is InChI=1S/C17H24BrN3O2/c1-11(12(2)19)17(23)21-9-7-13(8-10-21)16(22)20-15-6-4-3-5-14(15)18/h3-6,11-13H,7-10,19H2,1-2H3,(H,20,22). The first-order chi connectivity index (χ1) is 10.9. The monoisotopic (exact) mass is 381 g/mol. The van der Waals surface area contributed by atoms with Gasteiger partial charge in [-0.3, -0.25) is 9.59 Å². The molecule has 0 aliphatic carbocycles. The summed E-state index contributed by atoms with van der Waals surface area (Å²) in [6, 6.07) is 7.40. The fourth-order valence-corrected chi connectivity index (χ4v) is 3.06. The predicted octanol–water partition coefficient (Wildman–Crippen LogP) is 2.61. The van der Waals surface area contributed by atoms with Gasteiger partial charge in [0.25, 0.3) is 0 Å². The molecule has 1 saturated heterocycles. The van der Waals surface area contributed by atoms with E-state index in [1.54, 1.807) is 0 Å². The second-order valence-electron chi connectivity index (χ2n) is 6.22. The summed E-state index contributed by atoms with van der Waals surface area (Å²) in [4.78, 5) is 26.5. The number of hydrogen-bond donors (Lipinski definition) is 2. The highest BCUT2D eigenvalue weighted by Crippen LogP contribution is 2.25. The van der Waals surface area contributed by atoms with E-state index in [0.717, 1.165) is 10.2 Å². The Morgan fingerprint density at radius 1 is 1.26 bits per heavy atom. The molecule has 126 valence electrons. The average molecular weight is 382 g/mol. The SMILES string of the molecule is CC(N)C(C)C(=O)N1CCC(C(=O)Nc2ccccc2Br)CC1. The molecule has 0 spiro atoms. The maximum atomic E-state index is 12.4. The second kappa shape index (κ2) is 7.93. The highest BCUT2D eigenvalue weighted by atomic mass is 79.9. The normalized spacial score (nSPS) is 18.3. The van der Waals surface area contributed by atoms with Gasteiger partial charge in [-0.15, -0.1) is 0 Å². The molecule has 0 aromatic heterocycles. The lowest BCUT2D eigenvalue weighted by molar-refractivity contribution is -0.138. The van der Waals surface area contributed by atoms with Gasteiger partial charge in [0.2, 0.25) is 11.8 Å². The number of nitrogens with two attached hydrogens (primary N) is 1. The van der Waals surface area contributed by atoms with Gasteiger partial charge in [-0.05, 0) is 47.8 Å². The zero-order valence-electron chi connectivity index (χ0n) is 13.6. The van der Waals surface area contributed by atoms with Crippen molar-refractivity contribution in [2.24, 2.45) is 17.6 Å². The molecule has 1 fully saturated rings.